The average molecular weight is 381 g/mol. The molecule has 3 rings (SSSR count). The van der Waals surface area contributed by atoms with Gasteiger partial charge in [0.1, 0.15) is 5.75 Å². The highest BCUT2D eigenvalue weighted by molar-refractivity contribution is 5.95. The maximum atomic E-state index is 12.7. The molecule has 0 aromatic heterocycles. The van der Waals surface area contributed by atoms with Crippen LogP contribution in [0.4, 0.5) is 10.5 Å². The molecule has 3 N–H and O–H groups in total. The normalized spacial score (nSPS) is 14.5. The van der Waals surface area contributed by atoms with Crippen molar-refractivity contribution in [3.63, 3.8) is 0 Å². The van der Waals surface area contributed by atoms with Crippen molar-refractivity contribution in [2.75, 3.05) is 25.5 Å². The number of carbonyl (C=O) groups is 2. The molecule has 1 aliphatic rings. The van der Waals surface area contributed by atoms with Gasteiger partial charge in [-0.3, -0.25) is 4.79 Å². The van der Waals surface area contributed by atoms with Crippen LogP contribution in [0.1, 0.15) is 35.2 Å². The number of ether oxygens (including phenoxy) is 1. The van der Waals surface area contributed by atoms with Crippen LogP contribution in [0, 0.1) is 5.92 Å². The Bertz CT molecular complexity index is 795. The number of piperidine rings is 1. The zero-order valence-corrected chi connectivity index (χ0v) is 16.2. The number of nitrogens with one attached hydrogen (secondary N) is 1. The number of nitrogens with two attached hydrogens (primary N) is 1. The van der Waals surface area contributed by atoms with Gasteiger partial charge in [-0.2, -0.15) is 0 Å². The molecule has 0 radical (unpaired) electrons. The first-order valence-corrected chi connectivity index (χ1v) is 9.64. The van der Waals surface area contributed by atoms with Crippen LogP contribution in [0.3, 0.4) is 0 Å². The number of nitrogens with zero attached hydrogens (tertiary/aromatic N) is 1. The Balaban J connectivity index is 1.46. The van der Waals surface area contributed by atoms with Gasteiger partial charge in [0.2, 0.25) is 0 Å². The fraction of sp³-hybridized carbons (Fsp3) is 0.364. The number of likely N-dealkylation sites (tertiary alicyclic amines) is 1. The standard InChI is InChI=1S/C22H27N3O3/c1-28-20-10-4-16(5-11-20)2-3-17-12-14-25(15-13-17)21(26)18-6-8-19(9-7-18)24-22(23)27/h4-11,17H,2-3,12-15H2,1H3,(H3,23,24,27). The maximum Gasteiger partial charge on any atom is 0.316 e. The number of carbonyl (C=O) groups excluding carboxylic acids is 2. The largest absolute Gasteiger partial charge is 0.497 e. The van der Waals surface area contributed by atoms with Crippen molar-refractivity contribution < 1.29 is 14.3 Å². The van der Waals surface area contributed by atoms with Gasteiger partial charge in [0.15, 0.2) is 0 Å². The highest BCUT2D eigenvalue weighted by Crippen LogP contribution is 2.24. The molecule has 6 nitrogen and oxygen atoms in total. The highest BCUT2D eigenvalue weighted by Gasteiger charge is 2.23. The first kappa shape index (κ1) is 19.7. The summed E-state index contributed by atoms with van der Waals surface area (Å²) in [6.07, 6.45) is 4.26. The van der Waals surface area contributed by atoms with E-state index in [9.17, 15) is 9.59 Å². The van der Waals surface area contributed by atoms with Gasteiger partial charge >= 0.3 is 6.03 Å². The molecule has 0 aliphatic carbocycles. The third-order valence-electron chi connectivity index (χ3n) is 5.30. The molecule has 0 saturated carbocycles. The van der Waals surface area contributed by atoms with Crippen LogP contribution in [-0.2, 0) is 6.42 Å². The summed E-state index contributed by atoms with van der Waals surface area (Å²) in [5.74, 6) is 1.57. The molecule has 2 aromatic carbocycles. The summed E-state index contributed by atoms with van der Waals surface area (Å²) < 4.78 is 5.20. The quantitative estimate of drug-likeness (QED) is 0.801. The number of hydrogen-bond donors (Lipinski definition) is 2. The summed E-state index contributed by atoms with van der Waals surface area (Å²) in [6.45, 7) is 1.57. The lowest BCUT2D eigenvalue weighted by Gasteiger charge is -2.32. The van der Waals surface area contributed by atoms with Crippen LogP contribution in [0.15, 0.2) is 48.5 Å². The molecule has 3 amide bonds. The molecule has 0 unspecified atom stereocenters. The lowest BCUT2D eigenvalue weighted by molar-refractivity contribution is 0.0687. The molecule has 1 fully saturated rings. The monoisotopic (exact) mass is 381 g/mol. The number of primary amides is 1. The van der Waals surface area contributed by atoms with Crippen LogP contribution in [0.2, 0.25) is 0 Å². The molecule has 2 aromatic rings. The van der Waals surface area contributed by atoms with E-state index in [1.54, 1.807) is 31.4 Å². The van der Waals surface area contributed by atoms with Crippen LogP contribution < -0.4 is 15.8 Å². The lowest BCUT2D eigenvalue weighted by Crippen LogP contribution is -2.38. The number of rotatable bonds is 6. The molecule has 1 heterocycles. The number of anilines is 1. The second-order valence-corrected chi connectivity index (χ2v) is 7.19. The summed E-state index contributed by atoms with van der Waals surface area (Å²) in [6, 6.07) is 14.5. The van der Waals surface area contributed by atoms with Crippen molar-refractivity contribution in [1.29, 1.82) is 0 Å². The Morgan fingerprint density at radius 2 is 1.71 bits per heavy atom. The number of amides is 3. The third kappa shape index (κ3) is 5.25. The van der Waals surface area contributed by atoms with E-state index < -0.39 is 6.03 Å². The predicted molar refractivity (Wildman–Crippen MR) is 110 cm³/mol. The zero-order chi connectivity index (χ0) is 19.9. The SMILES string of the molecule is COc1ccc(CCC2CCN(C(=O)c3ccc(NC(N)=O)cc3)CC2)cc1. The Hall–Kier alpha value is -3.02. The van der Waals surface area contributed by atoms with Gasteiger partial charge in [-0.15, -0.1) is 0 Å². The van der Waals surface area contributed by atoms with Gasteiger partial charge < -0.3 is 20.7 Å². The van der Waals surface area contributed by atoms with Crippen molar-refractivity contribution in [1.82, 2.24) is 4.90 Å². The maximum absolute atomic E-state index is 12.7. The summed E-state index contributed by atoms with van der Waals surface area (Å²) >= 11 is 0. The first-order chi connectivity index (χ1) is 13.5. The predicted octanol–water partition coefficient (Wildman–Crippen LogP) is 3.67. The topological polar surface area (TPSA) is 84.7 Å². The molecular weight excluding hydrogens is 354 g/mol. The summed E-state index contributed by atoms with van der Waals surface area (Å²) in [4.78, 5) is 25.5. The number of methoxy groups -OCH3 is 1. The van der Waals surface area contributed by atoms with E-state index in [1.807, 2.05) is 17.0 Å². The average Bonchev–Trinajstić information content (AvgIpc) is 2.72. The summed E-state index contributed by atoms with van der Waals surface area (Å²) in [5.41, 5.74) is 7.64. The van der Waals surface area contributed by atoms with Crippen LogP contribution in [0.25, 0.3) is 0 Å². The van der Waals surface area contributed by atoms with Crippen LogP contribution >= 0.6 is 0 Å². The van der Waals surface area contributed by atoms with Crippen molar-refractivity contribution >= 4 is 17.6 Å². The van der Waals surface area contributed by atoms with E-state index in [4.69, 9.17) is 10.5 Å². The van der Waals surface area contributed by atoms with Gasteiger partial charge in [-0.25, -0.2) is 4.79 Å². The van der Waals surface area contributed by atoms with Gasteiger partial charge in [-0.1, -0.05) is 12.1 Å². The Morgan fingerprint density at radius 3 is 2.29 bits per heavy atom. The van der Waals surface area contributed by atoms with E-state index in [-0.39, 0.29) is 5.91 Å². The van der Waals surface area contributed by atoms with Gasteiger partial charge in [-0.05, 0) is 73.6 Å². The van der Waals surface area contributed by atoms with E-state index in [2.05, 4.69) is 17.4 Å². The highest BCUT2D eigenvalue weighted by atomic mass is 16.5. The molecule has 0 atom stereocenters. The number of urea groups is 1. The molecule has 6 heteroatoms. The fourth-order valence-electron chi connectivity index (χ4n) is 3.61. The number of hydrogen-bond acceptors (Lipinski definition) is 3. The third-order valence-corrected chi connectivity index (χ3v) is 5.30. The van der Waals surface area contributed by atoms with Gasteiger partial charge in [0.05, 0.1) is 7.11 Å². The first-order valence-electron chi connectivity index (χ1n) is 9.64. The second-order valence-electron chi connectivity index (χ2n) is 7.19. The molecule has 28 heavy (non-hydrogen) atoms. The molecule has 1 aliphatic heterocycles. The van der Waals surface area contributed by atoms with Gasteiger partial charge in [0, 0.05) is 24.3 Å². The van der Waals surface area contributed by atoms with Crippen molar-refractivity contribution in [3.05, 3.63) is 59.7 Å². The van der Waals surface area contributed by atoms with Gasteiger partial charge in [0.25, 0.3) is 5.91 Å². The van der Waals surface area contributed by atoms with E-state index in [0.29, 0.717) is 17.2 Å². The van der Waals surface area contributed by atoms with Crippen molar-refractivity contribution in [3.8, 4) is 5.75 Å². The minimum atomic E-state index is -0.615. The lowest BCUT2D eigenvalue weighted by atomic mass is 9.90. The molecule has 0 spiro atoms. The van der Waals surface area contributed by atoms with Crippen LogP contribution in [-0.4, -0.2) is 37.0 Å². The second kappa shape index (κ2) is 9.26. The zero-order valence-electron chi connectivity index (χ0n) is 16.2. The fourth-order valence-corrected chi connectivity index (χ4v) is 3.61. The summed E-state index contributed by atoms with van der Waals surface area (Å²) in [5, 5.41) is 2.50. The Morgan fingerprint density at radius 1 is 1.07 bits per heavy atom. The molecule has 148 valence electrons. The van der Waals surface area contributed by atoms with E-state index in [1.165, 1.54) is 5.56 Å². The Kier molecular flexibility index (Phi) is 6.53. The number of benzene rings is 2. The smallest absolute Gasteiger partial charge is 0.316 e. The van der Waals surface area contributed by atoms with Crippen molar-refractivity contribution in [2.24, 2.45) is 11.7 Å². The van der Waals surface area contributed by atoms with E-state index >= 15 is 0 Å². The minimum absolute atomic E-state index is 0.0410. The molecule has 0 bridgehead atoms. The minimum Gasteiger partial charge on any atom is -0.497 e. The van der Waals surface area contributed by atoms with Crippen LogP contribution in [0.5, 0.6) is 5.75 Å². The van der Waals surface area contributed by atoms with Crippen molar-refractivity contribution in [2.45, 2.75) is 25.7 Å². The Labute approximate surface area is 165 Å². The number of aryl methyl sites for hydroxylation is 1. The van der Waals surface area contributed by atoms with E-state index in [0.717, 1.165) is 44.5 Å². The molecular formula is C22H27N3O3. The summed E-state index contributed by atoms with van der Waals surface area (Å²) in [7, 11) is 1.68. The molecule has 1 saturated heterocycles.